The third kappa shape index (κ3) is 6.19. The number of carbonyl (C=O) groups excluding carboxylic acids is 3. The van der Waals surface area contributed by atoms with Crippen molar-refractivity contribution in [3.8, 4) is 0 Å². The van der Waals surface area contributed by atoms with Gasteiger partial charge in [0.2, 0.25) is 5.91 Å². The van der Waals surface area contributed by atoms with Crippen LogP contribution in [0.3, 0.4) is 0 Å². The van der Waals surface area contributed by atoms with Crippen molar-refractivity contribution in [2.24, 2.45) is 0 Å². The highest BCUT2D eigenvalue weighted by Crippen LogP contribution is 2.25. The van der Waals surface area contributed by atoms with Gasteiger partial charge < -0.3 is 20.1 Å². The maximum absolute atomic E-state index is 13.6. The summed E-state index contributed by atoms with van der Waals surface area (Å²) in [6, 6.07) is 3.44. The zero-order valence-electron chi connectivity index (χ0n) is 14.7. The van der Waals surface area contributed by atoms with Gasteiger partial charge in [0.15, 0.2) is 12.2 Å². The molecule has 1 aromatic rings. The second-order valence-electron chi connectivity index (χ2n) is 5.92. The molecule has 1 fully saturated rings. The highest BCUT2D eigenvalue weighted by molar-refractivity contribution is 5.95. The molecule has 1 heterocycles. The van der Waals surface area contributed by atoms with Crippen molar-refractivity contribution in [3.63, 3.8) is 0 Å². The van der Waals surface area contributed by atoms with Crippen LogP contribution >= 0.6 is 0 Å². The zero-order chi connectivity index (χ0) is 20.9. The lowest BCUT2D eigenvalue weighted by Gasteiger charge is -2.19. The van der Waals surface area contributed by atoms with Gasteiger partial charge in [-0.15, -0.1) is 0 Å². The summed E-state index contributed by atoms with van der Waals surface area (Å²) in [5.41, 5.74) is 0.0702. The molecule has 1 aliphatic heterocycles. The van der Waals surface area contributed by atoms with E-state index in [-0.39, 0.29) is 18.7 Å². The molecule has 3 atom stereocenters. The summed E-state index contributed by atoms with van der Waals surface area (Å²) in [6.45, 7) is 1.22. The molecular formula is C17H18F4N2O5. The Morgan fingerprint density at radius 2 is 1.89 bits per heavy atom. The number of hydrogen-bond donors (Lipinski definition) is 2. The van der Waals surface area contributed by atoms with Gasteiger partial charge in [0.05, 0.1) is 13.0 Å². The second kappa shape index (κ2) is 9.00. The van der Waals surface area contributed by atoms with Gasteiger partial charge in [-0.05, 0) is 13.0 Å². The van der Waals surface area contributed by atoms with Crippen LogP contribution in [0.1, 0.15) is 18.9 Å². The van der Waals surface area contributed by atoms with Gasteiger partial charge in [0.1, 0.15) is 11.9 Å². The molecule has 1 aliphatic rings. The number of hydrogen-bond acceptors (Lipinski definition) is 5. The topological polar surface area (TPSA) is 97.0 Å². The van der Waals surface area contributed by atoms with Crippen LogP contribution < -0.4 is 10.6 Å². The lowest BCUT2D eigenvalue weighted by molar-refractivity contribution is -0.151. The van der Waals surface area contributed by atoms with Crippen LogP contribution in [-0.4, -0.2) is 48.8 Å². The molecule has 1 saturated heterocycles. The van der Waals surface area contributed by atoms with Gasteiger partial charge in [-0.3, -0.25) is 9.59 Å². The van der Waals surface area contributed by atoms with E-state index in [2.05, 4.69) is 10.1 Å². The first-order chi connectivity index (χ1) is 13.1. The molecule has 2 N–H and O–H groups in total. The molecule has 0 saturated carbocycles. The van der Waals surface area contributed by atoms with Gasteiger partial charge in [0, 0.05) is 12.1 Å². The Balaban J connectivity index is 1.97. The Bertz CT molecular complexity index is 741. The lowest BCUT2D eigenvalue weighted by Crippen LogP contribution is -2.50. The first kappa shape index (κ1) is 21.6. The smallest absolute Gasteiger partial charge is 0.391 e. The van der Waals surface area contributed by atoms with E-state index >= 15 is 0 Å². The summed E-state index contributed by atoms with van der Waals surface area (Å²) >= 11 is 0. The predicted octanol–water partition coefficient (Wildman–Crippen LogP) is 1.21. The van der Waals surface area contributed by atoms with Crippen LogP contribution in [-0.2, 0) is 30.4 Å². The summed E-state index contributed by atoms with van der Waals surface area (Å²) in [5, 5.41) is 4.07. The highest BCUT2D eigenvalue weighted by Gasteiger charge is 2.52. The van der Waals surface area contributed by atoms with Gasteiger partial charge in [0.25, 0.3) is 5.91 Å². The highest BCUT2D eigenvalue weighted by atomic mass is 19.4. The van der Waals surface area contributed by atoms with Crippen molar-refractivity contribution in [1.29, 1.82) is 0 Å². The molecule has 0 spiro atoms. The van der Waals surface area contributed by atoms with Crippen LogP contribution in [0.15, 0.2) is 24.3 Å². The normalized spacial score (nSPS) is 19.5. The van der Waals surface area contributed by atoms with E-state index in [1.165, 1.54) is 25.1 Å². The Kier molecular flexibility index (Phi) is 6.95. The van der Waals surface area contributed by atoms with E-state index in [4.69, 9.17) is 4.74 Å². The molecule has 2 rings (SSSR count). The van der Waals surface area contributed by atoms with Crippen LogP contribution in [0.25, 0.3) is 0 Å². The van der Waals surface area contributed by atoms with Crippen molar-refractivity contribution in [1.82, 2.24) is 10.6 Å². The molecular weight excluding hydrogens is 388 g/mol. The third-order valence-corrected chi connectivity index (χ3v) is 3.75. The Morgan fingerprint density at radius 3 is 2.50 bits per heavy atom. The maximum Gasteiger partial charge on any atom is 0.391 e. The molecule has 0 aromatic heterocycles. The van der Waals surface area contributed by atoms with Gasteiger partial charge in [-0.1, -0.05) is 18.2 Å². The standard InChI is InChI=1S/C17H18F4N2O5/c1-2-27-16(26)13-12(28-13)15(25)23-11(7-17(19,20)21)14(24)22-8-9-5-3-4-6-10(9)18/h3-6,11-13H,2,7-8H2,1H3,(H,22,24)(H,23,25)/t11?,12?,13-/m0/s1. The predicted molar refractivity (Wildman–Crippen MR) is 86.1 cm³/mol. The molecule has 0 bridgehead atoms. The fraction of sp³-hybridized carbons (Fsp3) is 0.471. The van der Waals surface area contributed by atoms with E-state index in [1.807, 2.05) is 5.32 Å². The van der Waals surface area contributed by atoms with Crippen molar-refractivity contribution < 1.29 is 41.4 Å². The molecule has 7 nitrogen and oxygen atoms in total. The van der Waals surface area contributed by atoms with Gasteiger partial charge >= 0.3 is 12.1 Å². The average Bonchev–Trinajstić information content (AvgIpc) is 3.40. The summed E-state index contributed by atoms with van der Waals surface area (Å²) in [5.74, 6) is -3.66. The number of alkyl halides is 3. The number of nitrogens with one attached hydrogen (secondary N) is 2. The SMILES string of the molecule is CCOC(=O)[C@H]1OC1C(=O)NC(CC(F)(F)F)C(=O)NCc1ccccc1F. The van der Waals surface area contributed by atoms with Crippen LogP contribution in [0.4, 0.5) is 17.6 Å². The molecule has 2 unspecified atom stereocenters. The molecule has 0 aliphatic carbocycles. The number of carbonyl (C=O) groups is 3. The minimum Gasteiger partial charge on any atom is -0.464 e. The molecule has 154 valence electrons. The molecule has 28 heavy (non-hydrogen) atoms. The lowest BCUT2D eigenvalue weighted by atomic mass is 10.1. The average molecular weight is 406 g/mol. The van der Waals surface area contributed by atoms with E-state index in [0.29, 0.717) is 0 Å². The minimum atomic E-state index is -4.75. The molecule has 11 heteroatoms. The molecule has 2 amide bonds. The van der Waals surface area contributed by atoms with Crippen LogP contribution in [0, 0.1) is 5.82 Å². The van der Waals surface area contributed by atoms with Crippen molar-refractivity contribution in [3.05, 3.63) is 35.6 Å². The molecule has 0 radical (unpaired) electrons. The second-order valence-corrected chi connectivity index (χ2v) is 5.92. The number of amides is 2. The first-order valence-electron chi connectivity index (χ1n) is 8.32. The summed E-state index contributed by atoms with van der Waals surface area (Å²) in [6.07, 6.45) is -8.93. The Morgan fingerprint density at radius 1 is 1.21 bits per heavy atom. The third-order valence-electron chi connectivity index (χ3n) is 3.75. The Hall–Kier alpha value is -2.69. The number of halogens is 4. The van der Waals surface area contributed by atoms with E-state index in [1.54, 1.807) is 0 Å². The van der Waals surface area contributed by atoms with Crippen molar-refractivity contribution in [2.75, 3.05) is 6.61 Å². The van der Waals surface area contributed by atoms with Crippen LogP contribution in [0.5, 0.6) is 0 Å². The Labute approximate surface area is 157 Å². The van der Waals surface area contributed by atoms with E-state index < -0.39 is 54.4 Å². The number of benzene rings is 1. The minimum absolute atomic E-state index is 0.0438. The van der Waals surface area contributed by atoms with Gasteiger partial charge in [-0.25, -0.2) is 9.18 Å². The van der Waals surface area contributed by atoms with Gasteiger partial charge in [-0.2, -0.15) is 13.2 Å². The van der Waals surface area contributed by atoms with E-state index in [0.717, 1.165) is 6.07 Å². The fourth-order valence-electron chi connectivity index (χ4n) is 2.36. The molecule has 1 aromatic carbocycles. The quantitative estimate of drug-likeness (QED) is 0.384. The number of esters is 1. The van der Waals surface area contributed by atoms with E-state index in [9.17, 15) is 31.9 Å². The zero-order valence-corrected chi connectivity index (χ0v) is 14.7. The number of rotatable bonds is 8. The number of ether oxygens (including phenoxy) is 2. The number of epoxide rings is 1. The summed E-state index contributed by atoms with van der Waals surface area (Å²) in [7, 11) is 0. The van der Waals surface area contributed by atoms with Crippen LogP contribution in [0.2, 0.25) is 0 Å². The fourth-order valence-corrected chi connectivity index (χ4v) is 2.36. The van der Waals surface area contributed by atoms with Crippen molar-refractivity contribution in [2.45, 2.75) is 44.3 Å². The summed E-state index contributed by atoms with van der Waals surface area (Å²) in [4.78, 5) is 35.6. The maximum atomic E-state index is 13.6. The summed E-state index contributed by atoms with van der Waals surface area (Å²) < 4.78 is 61.3. The first-order valence-corrected chi connectivity index (χ1v) is 8.32. The largest absolute Gasteiger partial charge is 0.464 e. The van der Waals surface area contributed by atoms with Crippen molar-refractivity contribution >= 4 is 17.8 Å². The monoisotopic (exact) mass is 406 g/mol.